The number of carbonyl (C=O) groups is 1. The minimum atomic E-state index is -6.00. The van der Waals surface area contributed by atoms with Crippen LogP contribution in [0.25, 0.3) is 11.0 Å². The molecule has 170 valence electrons. The van der Waals surface area contributed by atoms with Crippen molar-refractivity contribution in [2.75, 3.05) is 19.3 Å². The average Bonchev–Trinajstić information content (AvgIpc) is 2.71. The number of rotatable bonds is 5. The first kappa shape index (κ1) is 23.3. The van der Waals surface area contributed by atoms with E-state index in [0.717, 1.165) is 18.0 Å². The van der Waals surface area contributed by atoms with Crippen molar-refractivity contribution in [1.29, 1.82) is 0 Å². The topological polar surface area (TPSA) is 111 Å². The zero-order chi connectivity index (χ0) is 23.0. The van der Waals surface area contributed by atoms with Gasteiger partial charge in [-0.15, -0.1) is 0 Å². The van der Waals surface area contributed by atoms with Gasteiger partial charge in [0.15, 0.2) is 16.6 Å². The van der Waals surface area contributed by atoms with Crippen molar-refractivity contribution in [1.82, 2.24) is 19.4 Å². The normalized spacial score (nSPS) is 17.7. The molecule has 0 aromatic carbocycles. The Morgan fingerprint density at radius 1 is 1.39 bits per heavy atom. The Bertz CT molecular complexity index is 1170. The molecule has 0 N–H and O–H groups in total. The summed E-state index contributed by atoms with van der Waals surface area (Å²) in [7, 11) is -6.00. The molecule has 1 aliphatic heterocycles. The van der Waals surface area contributed by atoms with Gasteiger partial charge in [-0.2, -0.15) is 21.6 Å². The number of nitrogens with zero attached hydrogens (tertiary/aromatic N) is 4. The fourth-order valence-electron chi connectivity index (χ4n) is 3.38. The minimum absolute atomic E-state index is 0.0602. The molecule has 31 heavy (non-hydrogen) atoms. The Balaban J connectivity index is 2.16. The Morgan fingerprint density at radius 3 is 2.71 bits per heavy atom. The van der Waals surface area contributed by atoms with Gasteiger partial charge in [-0.3, -0.25) is 14.2 Å². The van der Waals surface area contributed by atoms with Crippen LogP contribution in [0.2, 0.25) is 0 Å². The molecule has 3 heterocycles. The van der Waals surface area contributed by atoms with Crippen LogP contribution in [-0.4, -0.2) is 58.6 Å². The summed E-state index contributed by atoms with van der Waals surface area (Å²) >= 11 is 1.14. The van der Waals surface area contributed by atoms with Gasteiger partial charge in [-0.1, -0.05) is 18.7 Å². The van der Waals surface area contributed by atoms with Crippen LogP contribution in [-0.2, 0) is 14.9 Å². The third-order valence-electron chi connectivity index (χ3n) is 4.81. The van der Waals surface area contributed by atoms with Gasteiger partial charge >= 0.3 is 15.6 Å². The van der Waals surface area contributed by atoms with E-state index in [2.05, 4.69) is 14.2 Å². The summed E-state index contributed by atoms with van der Waals surface area (Å²) in [6, 6.07) is 0.186. The van der Waals surface area contributed by atoms with E-state index in [1.54, 1.807) is 18.1 Å². The van der Waals surface area contributed by atoms with E-state index < -0.39 is 33.0 Å². The van der Waals surface area contributed by atoms with E-state index in [-0.39, 0.29) is 28.6 Å². The highest BCUT2D eigenvalue weighted by Crippen LogP contribution is 2.32. The third-order valence-corrected chi connectivity index (χ3v) is 6.34. The molecular formula is C17H19F3N4O5S2. The van der Waals surface area contributed by atoms with Gasteiger partial charge in [0.25, 0.3) is 5.56 Å². The number of halogens is 3. The van der Waals surface area contributed by atoms with Crippen LogP contribution >= 0.6 is 11.8 Å². The molecule has 0 aliphatic carbocycles. The standard InChI is InChI=1S/C17H19F3N4O5S2/c1-3-13(25)23-6-4-5-10(9-23)24-14(26)7-12(29-31(27,28)17(18,19)20)11-8-21-16(30-2)22-15(11)24/h7-8,10H,3-6,9H2,1-2H3. The van der Waals surface area contributed by atoms with Crippen LogP contribution in [0.3, 0.4) is 0 Å². The van der Waals surface area contributed by atoms with E-state index in [0.29, 0.717) is 31.9 Å². The molecule has 2 aromatic heterocycles. The zero-order valence-electron chi connectivity index (χ0n) is 16.5. The van der Waals surface area contributed by atoms with Gasteiger partial charge < -0.3 is 9.08 Å². The first-order valence-electron chi connectivity index (χ1n) is 9.23. The lowest BCUT2D eigenvalue weighted by Gasteiger charge is -2.34. The minimum Gasteiger partial charge on any atom is -0.375 e. The number of amides is 1. The van der Waals surface area contributed by atoms with Crippen LogP contribution in [0.5, 0.6) is 5.75 Å². The predicted molar refractivity (Wildman–Crippen MR) is 106 cm³/mol. The van der Waals surface area contributed by atoms with E-state index in [4.69, 9.17) is 0 Å². The second-order valence-electron chi connectivity index (χ2n) is 6.78. The largest absolute Gasteiger partial charge is 0.534 e. The number of piperidine rings is 1. The Kier molecular flexibility index (Phi) is 6.51. The summed E-state index contributed by atoms with van der Waals surface area (Å²) in [6.07, 6.45) is 4.22. The highest BCUT2D eigenvalue weighted by atomic mass is 32.2. The SMILES string of the molecule is CCC(=O)N1CCCC(n2c(=O)cc(OS(=O)(=O)C(F)(F)F)c3cnc(SC)nc32)C1. The second kappa shape index (κ2) is 8.65. The van der Waals surface area contributed by atoms with Crippen LogP contribution < -0.4 is 9.74 Å². The van der Waals surface area contributed by atoms with Crippen LogP contribution in [0.15, 0.2) is 22.2 Å². The van der Waals surface area contributed by atoms with Crippen molar-refractivity contribution in [2.45, 2.75) is 42.9 Å². The van der Waals surface area contributed by atoms with E-state index in [1.807, 2.05) is 0 Å². The summed E-state index contributed by atoms with van der Waals surface area (Å²) in [5, 5.41) is 0.0675. The maximum absolute atomic E-state index is 12.9. The number of fused-ring (bicyclic) bond motifs is 1. The molecule has 1 fully saturated rings. The van der Waals surface area contributed by atoms with Crippen LogP contribution in [0.4, 0.5) is 13.2 Å². The molecule has 2 aromatic rings. The maximum atomic E-state index is 12.9. The van der Waals surface area contributed by atoms with Gasteiger partial charge in [0.05, 0.1) is 11.4 Å². The maximum Gasteiger partial charge on any atom is 0.534 e. The van der Waals surface area contributed by atoms with E-state index >= 15 is 0 Å². The van der Waals surface area contributed by atoms with Crippen molar-refractivity contribution in [3.8, 4) is 5.75 Å². The van der Waals surface area contributed by atoms with Gasteiger partial charge in [0.1, 0.15) is 0 Å². The summed E-state index contributed by atoms with van der Waals surface area (Å²) in [6.45, 7) is 2.48. The number of pyridine rings is 1. The van der Waals surface area contributed by atoms with Crippen molar-refractivity contribution in [3.05, 3.63) is 22.6 Å². The lowest BCUT2D eigenvalue weighted by Crippen LogP contribution is -2.42. The summed E-state index contributed by atoms with van der Waals surface area (Å²) in [4.78, 5) is 34.8. The van der Waals surface area contributed by atoms with Gasteiger partial charge in [-0.25, -0.2) is 9.97 Å². The zero-order valence-corrected chi connectivity index (χ0v) is 18.2. The number of aromatic nitrogens is 3. The smallest absolute Gasteiger partial charge is 0.375 e. The summed E-state index contributed by atoms with van der Waals surface area (Å²) in [5.41, 5.74) is -6.52. The molecule has 1 amide bonds. The molecule has 0 spiro atoms. The van der Waals surface area contributed by atoms with Crippen molar-refractivity contribution >= 4 is 38.8 Å². The molecule has 14 heteroatoms. The fourth-order valence-corrected chi connectivity index (χ4v) is 4.18. The molecule has 1 saturated heterocycles. The first-order chi connectivity index (χ1) is 14.5. The molecule has 1 aliphatic rings. The highest BCUT2D eigenvalue weighted by Gasteiger charge is 2.49. The van der Waals surface area contributed by atoms with Crippen molar-refractivity contribution in [3.63, 3.8) is 0 Å². The Morgan fingerprint density at radius 2 is 2.10 bits per heavy atom. The number of likely N-dealkylation sites (tertiary alicyclic amines) is 1. The Labute approximate surface area is 179 Å². The predicted octanol–water partition coefficient (Wildman–Crippen LogP) is 2.32. The average molecular weight is 480 g/mol. The molecule has 0 bridgehead atoms. The number of hydrogen-bond acceptors (Lipinski definition) is 8. The monoisotopic (exact) mass is 480 g/mol. The van der Waals surface area contributed by atoms with E-state index in [1.165, 1.54) is 4.57 Å². The van der Waals surface area contributed by atoms with Gasteiger partial charge in [-0.05, 0) is 19.1 Å². The van der Waals surface area contributed by atoms with E-state index in [9.17, 15) is 31.2 Å². The summed E-state index contributed by atoms with van der Waals surface area (Å²) in [5.74, 6) is -0.892. The Hall–Kier alpha value is -2.35. The lowest BCUT2D eigenvalue weighted by atomic mass is 10.0. The molecule has 0 saturated carbocycles. The molecule has 9 nitrogen and oxygen atoms in total. The molecule has 1 atom stereocenters. The number of hydrogen-bond donors (Lipinski definition) is 0. The molecule has 0 radical (unpaired) electrons. The van der Waals surface area contributed by atoms with Crippen molar-refractivity contribution in [2.24, 2.45) is 0 Å². The quantitative estimate of drug-likeness (QED) is 0.277. The fraction of sp³-hybridized carbons (Fsp3) is 0.529. The summed E-state index contributed by atoms with van der Waals surface area (Å²) < 4.78 is 66.9. The number of thioether (sulfide) groups is 1. The third kappa shape index (κ3) is 4.63. The van der Waals surface area contributed by atoms with Crippen LogP contribution in [0.1, 0.15) is 32.2 Å². The molecule has 1 unspecified atom stereocenters. The highest BCUT2D eigenvalue weighted by molar-refractivity contribution is 7.98. The van der Waals surface area contributed by atoms with Gasteiger partial charge in [0.2, 0.25) is 5.91 Å². The molecule has 3 rings (SSSR count). The number of alkyl halides is 3. The van der Waals surface area contributed by atoms with Crippen molar-refractivity contribution < 1.29 is 30.6 Å². The second-order valence-corrected chi connectivity index (χ2v) is 9.09. The first-order valence-corrected chi connectivity index (χ1v) is 11.9. The lowest BCUT2D eigenvalue weighted by molar-refractivity contribution is -0.132. The van der Waals surface area contributed by atoms with Gasteiger partial charge in [0, 0.05) is 31.8 Å². The number of carbonyl (C=O) groups excluding carboxylic acids is 1. The molecular weight excluding hydrogens is 461 g/mol. The van der Waals surface area contributed by atoms with Crippen LogP contribution in [0, 0.1) is 0 Å².